The van der Waals surface area contributed by atoms with E-state index in [-0.39, 0.29) is 0 Å². The third-order valence-corrected chi connectivity index (χ3v) is 0.175. The van der Waals surface area contributed by atoms with Gasteiger partial charge in [-0.3, -0.25) is 0 Å². The topological polar surface area (TPSA) is 46.5 Å². The Labute approximate surface area is 54.4 Å². The van der Waals surface area contributed by atoms with Crippen LogP contribution in [0.3, 0.4) is 0 Å². The molecule has 0 heterocycles. The van der Waals surface area contributed by atoms with Crippen molar-refractivity contribution in [2.24, 2.45) is 0 Å². The number of carboxylic acid groups (broad SMARTS) is 1. The van der Waals surface area contributed by atoms with Crippen LogP contribution in [0.15, 0.2) is 12.7 Å². The fourth-order valence-electron chi connectivity index (χ4n) is 0. The van der Waals surface area contributed by atoms with Gasteiger partial charge in [-0.05, 0) is 0 Å². The van der Waals surface area contributed by atoms with Crippen molar-refractivity contribution in [3.8, 4) is 0 Å². The summed E-state index contributed by atoms with van der Waals surface area (Å²) in [6.45, 7) is 2.96. The van der Waals surface area contributed by atoms with Crippen LogP contribution in [0.1, 0.15) is 0 Å². The van der Waals surface area contributed by atoms with E-state index in [0.717, 1.165) is 27.0 Å². The summed E-state index contributed by atoms with van der Waals surface area (Å²) in [5, 5.41) is 7.60. The third kappa shape index (κ3) is 46.2. The monoisotopic (exact) mass is 150 g/mol. The van der Waals surface area contributed by atoms with Gasteiger partial charge in [0.1, 0.15) is 21.0 Å². The van der Waals surface area contributed by atoms with Gasteiger partial charge in [-0.2, -0.15) is 0 Å². The molecular weight excluding hydrogens is 140 g/mol. The molecule has 0 saturated carbocycles. The lowest BCUT2D eigenvalue weighted by Gasteiger charge is -1.64. The molecule has 0 radical (unpaired) electrons. The minimum atomic E-state index is -0.981. The molecule has 0 aliphatic rings. The van der Waals surface area contributed by atoms with Crippen LogP contribution >= 0.6 is 0 Å². The molecule has 0 spiro atoms. The smallest absolute Gasteiger partial charge is 0.327 e. The molecule has 5 heteroatoms. The van der Waals surface area contributed by atoms with E-state index in [1.54, 1.807) is 0 Å². The van der Waals surface area contributed by atoms with Crippen molar-refractivity contribution in [2.75, 3.05) is 0 Å². The molecule has 0 amide bonds. The van der Waals surface area contributed by atoms with Gasteiger partial charge in [0, 0.05) is 6.08 Å². The highest BCUT2D eigenvalue weighted by molar-refractivity contribution is 6.15. The van der Waals surface area contributed by atoms with E-state index in [2.05, 4.69) is 10.7 Å². The summed E-state index contributed by atoms with van der Waals surface area (Å²) in [6.07, 6.45) is 0.833. The van der Waals surface area contributed by atoms with Crippen molar-refractivity contribution in [2.45, 2.75) is 0 Å². The normalized spacial score (nSPS) is 7.00. The molecule has 8 heavy (non-hydrogen) atoms. The van der Waals surface area contributed by atoms with Crippen molar-refractivity contribution in [1.29, 1.82) is 0 Å². The SMILES string of the molecule is C=CC(=O)O.[SiH3]O[SiH3]. The molecule has 0 aromatic heterocycles. The zero-order chi connectivity index (χ0) is 6.99. The Hall–Kier alpha value is -0.396. The second-order valence-corrected chi connectivity index (χ2v) is 4.22. The number of rotatable bonds is 1. The minimum Gasteiger partial charge on any atom is -0.478 e. The molecule has 0 atom stereocenters. The van der Waals surface area contributed by atoms with Crippen molar-refractivity contribution in [3.63, 3.8) is 0 Å². The maximum absolute atomic E-state index is 9.25. The van der Waals surface area contributed by atoms with Gasteiger partial charge < -0.3 is 9.22 Å². The van der Waals surface area contributed by atoms with Gasteiger partial charge in [0.05, 0.1) is 0 Å². The van der Waals surface area contributed by atoms with Crippen LogP contribution < -0.4 is 0 Å². The van der Waals surface area contributed by atoms with E-state index in [4.69, 9.17) is 5.11 Å². The number of carbonyl (C=O) groups is 1. The Balaban J connectivity index is 0. The number of hydrogen-bond donors (Lipinski definition) is 1. The molecule has 0 aliphatic heterocycles. The maximum atomic E-state index is 9.25. The summed E-state index contributed by atoms with van der Waals surface area (Å²) in [5.41, 5.74) is 0. The van der Waals surface area contributed by atoms with Crippen molar-refractivity contribution in [1.82, 2.24) is 0 Å². The summed E-state index contributed by atoms with van der Waals surface area (Å²) < 4.78 is 4.53. The van der Waals surface area contributed by atoms with Crippen LogP contribution in [0.5, 0.6) is 0 Å². The van der Waals surface area contributed by atoms with Gasteiger partial charge in [0.15, 0.2) is 0 Å². The van der Waals surface area contributed by atoms with Crippen LogP contribution in [0, 0.1) is 0 Å². The van der Waals surface area contributed by atoms with E-state index < -0.39 is 5.97 Å². The highest BCUT2D eigenvalue weighted by atomic mass is 28.3. The second-order valence-electron chi connectivity index (χ2n) is 0.951. The predicted molar refractivity (Wildman–Crippen MR) is 38.8 cm³/mol. The standard InChI is InChI=1S/C3H4O2.H6OSi2/c1-2-3(4)5;2-1-3/h2H,1H2,(H,4,5);2-3H3. The molecule has 0 aromatic rings. The third-order valence-electron chi connectivity index (χ3n) is 0.175. The van der Waals surface area contributed by atoms with Crippen LogP contribution in [-0.2, 0) is 8.91 Å². The fourth-order valence-corrected chi connectivity index (χ4v) is 0. The van der Waals surface area contributed by atoms with Gasteiger partial charge in [0.25, 0.3) is 0 Å². The first kappa shape index (κ1) is 10.6. The predicted octanol–water partition coefficient (Wildman–Crippen LogP) is -2.18. The van der Waals surface area contributed by atoms with Gasteiger partial charge >= 0.3 is 5.97 Å². The first-order chi connectivity index (χ1) is 3.68. The molecule has 48 valence electrons. The summed E-state index contributed by atoms with van der Waals surface area (Å²) in [5.74, 6) is -0.981. The molecule has 0 aliphatic carbocycles. The second kappa shape index (κ2) is 9.78. The molecule has 0 aromatic carbocycles. The minimum absolute atomic E-state index is 0.833. The quantitative estimate of drug-likeness (QED) is 0.341. The number of aliphatic carboxylic acids is 1. The highest BCUT2D eigenvalue weighted by Gasteiger charge is 1.73. The molecule has 0 bridgehead atoms. The van der Waals surface area contributed by atoms with Crippen LogP contribution in [0.4, 0.5) is 0 Å². The van der Waals surface area contributed by atoms with Gasteiger partial charge in [-0.15, -0.1) is 0 Å². The van der Waals surface area contributed by atoms with E-state index in [1.807, 2.05) is 0 Å². The molecule has 0 unspecified atom stereocenters. The Morgan fingerprint density at radius 2 is 1.88 bits per heavy atom. The average molecular weight is 150 g/mol. The summed E-state index contributed by atoms with van der Waals surface area (Å²) >= 11 is 0. The number of carboxylic acids is 1. The molecule has 3 nitrogen and oxygen atoms in total. The first-order valence-corrected chi connectivity index (χ1v) is 3.57. The van der Waals surface area contributed by atoms with E-state index >= 15 is 0 Å². The molecule has 0 fully saturated rings. The molecule has 0 saturated heterocycles. The number of hydrogen-bond acceptors (Lipinski definition) is 2. The average Bonchev–Trinajstić information content (AvgIpc) is 1.69. The van der Waals surface area contributed by atoms with Crippen LogP contribution in [0.25, 0.3) is 0 Å². The summed E-state index contributed by atoms with van der Waals surface area (Å²) in [6, 6.07) is 0. The molecule has 0 rings (SSSR count). The highest BCUT2D eigenvalue weighted by Crippen LogP contribution is 1.54. The summed E-state index contributed by atoms with van der Waals surface area (Å²) in [7, 11) is 1.86. The lowest BCUT2D eigenvalue weighted by atomic mass is 10.7. The van der Waals surface area contributed by atoms with Gasteiger partial charge in [-0.1, -0.05) is 6.58 Å². The zero-order valence-electron chi connectivity index (χ0n) is 5.05. The largest absolute Gasteiger partial charge is 0.478 e. The van der Waals surface area contributed by atoms with Gasteiger partial charge in [-0.25, -0.2) is 4.79 Å². The van der Waals surface area contributed by atoms with Crippen LogP contribution in [0.2, 0.25) is 0 Å². The van der Waals surface area contributed by atoms with E-state index in [1.165, 1.54) is 0 Å². The van der Waals surface area contributed by atoms with Crippen molar-refractivity contribution >= 4 is 26.9 Å². The Morgan fingerprint density at radius 3 is 1.88 bits per heavy atom. The van der Waals surface area contributed by atoms with Crippen molar-refractivity contribution < 1.29 is 14.0 Å². The van der Waals surface area contributed by atoms with Gasteiger partial charge in [0.2, 0.25) is 0 Å². The Kier molecular flexibility index (Phi) is 12.9. The fraction of sp³-hybridized carbons (Fsp3) is 0. The van der Waals surface area contributed by atoms with Crippen LogP contribution in [-0.4, -0.2) is 32.0 Å². The van der Waals surface area contributed by atoms with E-state index in [0.29, 0.717) is 0 Å². The Bertz CT molecular complexity index is 72.9. The lowest BCUT2D eigenvalue weighted by Crippen LogP contribution is -1.82. The first-order valence-electron chi connectivity index (χ1n) is 1.94. The lowest BCUT2D eigenvalue weighted by molar-refractivity contribution is -0.131. The Morgan fingerprint density at radius 1 is 1.75 bits per heavy atom. The zero-order valence-corrected chi connectivity index (χ0v) is 9.05. The molecular formula is C3H10O3Si2. The van der Waals surface area contributed by atoms with E-state index in [9.17, 15) is 4.79 Å². The maximum Gasteiger partial charge on any atom is 0.327 e. The molecule has 1 N–H and O–H groups in total. The van der Waals surface area contributed by atoms with Crippen molar-refractivity contribution in [3.05, 3.63) is 12.7 Å². The summed E-state index contributed by atoms with van der Waals surface area (Å²) in [4.78, 5) is 9.25.